The van der Waals surface area contributed by atoms with Gasteiger partial charge in [0, 0.05) is 5.56 Å². The topological polar surface area (TPSA) is 57.4 Å². The first kappa shape index (κ1) is 12.6. The Labute approximate surface area is 120 Å². The van der Waals surface area contributed by atoms with Crippen LogP contribution < -0.4 is 15.2 Å². The number of nitrogens with two attached hydrogens (primary N) is 1. The summed E-state index contributed by atoms with van der Waals surface area (Å²) < 4.78 is 11.1. The van der Waals surface area contributed by atoms with Crippen molar-refractivity contribution >= 4 is 27.9 Å². The highest BCUT2D eigenvalue weighted by molar-refractivity contribution is 7.16. The molecule has 2 heterocycles. The number of thiazole rings is 1. The number of ether oxygens (including phenoxy) is 2. The molecule has 2 N–H and O–H groups in total. The van der Waals surface area contributed by atoms with E-state index in [0.29, 0.717) is 34.7 Å². The second-order valence-electron chi connectivity index (χ2n) is 4.16. The molecule has 0 spiro atoms. The highest BCUT2D eigenvalue weighted by atomic mass is 35.5. The lowest BCUT2D eigenvalue weighted by Gasteiger charge is -2.20. The van der Waals surface area contributed by atoms with Crippen LogP contribution in [0.4, 0.5) is 5.00 Å². The molecule has 0 fully saturated rings. The summed E-state index contributed by atoms with van der Waals surface area (Å²) in [6.45, 7) is 3.10. The summed E-state index contributed by atoms with van der Waals surface area (Å²) >= 11 is 7.72. The van der Waals surface area contributed by atoms with Crippen molar-refractivity contribution in [2.24, 2.45) is 0 Å². The van der Waals surface area contributed by atoms with Crippen molar-refractivity contribution in [1.29, 1.82) is 0 Å². The largest absolute Gasteiger partial charge is 0.486 e. The van der Waals surface area contributed by atoms with E-state index in [9.17, 15) is 0 Å². The molecule has 2 aromatic rings. The van der Waals surface area contributed by atoms with Gasteiger partial charge in [0.1, 0.15) is 23.9 Å². The molecule has 0 aliphatic carbocycles. The number of hydrogen-bond acceptors (Lipinski definition) is 5. The number of nitrogen functional groups attached to an aromatic ring is 1. The van der Waals surface area contributed by atoms with E-state index in [4.69, 9.17) is 26.8 Å². The maximum atomic E-state index is 6.22. The number of hydrogen-bond donors (Lipinski definition) is 1. The standard InChI is InChI=1S/C13H13ClN2O2S/c1-2-10-16-11(13(15)19-10)7-5-8(14)12-9(6-7)17-3-4-18-12/h5-6H,2-4,15H2,1H3. The van der Waals surface area contributed by atoms with Gasteiger partial charge in [0.05, 0.1) is 10.0 Å². The molecule has 0 saturated carbocycles. The molecule has 0 saturated heterocycles. The Morgan fingerprint density at radius 2 is 2.16 bits per heavy atom. The number of fused-ring (bicyclic) bond motifs is 1. The van der Waals surface area contributed by atoms with Crippen molar-refractivity contribution in [2.75, 3.05) is 18.9 Å². The molecule has 1 aliphatic heterocycles. The molecule has 1 aromatic heterocycles. The molecule has 19 heavy (non-hydrogen) atoms. The van der Waals surface area contributed by atoms with E-state index in [1.54, 1.807) is 0 Å². The Morgan fingerprint density at radius 1 is 1.37 bits per heavy atom. The van der Waals surface area contributed by atoms with Crippen LogP contribution in [0.15, 0.2) is 12.1 Å². The number of aryl methyl sites for hydroxylation is 1. The number of halogens is 1. The van der Waals surface area contributed by atoms with Crippen LogP contribution in [0.1, 0.15) is 11.9 Å². The van der Waals surface area contributed by atoms with Gasteiger partial charge in [-0.05, 0) is 18.6 Å². The summed E-state index contributed by atoms with van der Waals surface area (Å²) in [5, 5.41) is 2.24. The second kappa shape index (κ2) is 4.90. The van der Waals surface area contributed by atoms with Gasteiger partial charge in [-0.2, -0.15) is 0 Å². The molecule has 0 unspecified atom stereocenters. The Balaban J connectivity index is 2.10. The zero-order chi connectivity index (χ0) is 13.4. The fourth-order valence-electron chi connectivity index (χ4n) is 1.98. The fourth-order valence-corrected chi connectivity index (χ4v) is 3.04. The predicted octanol–water partition coefficient (Wildman–Crippen LogP) is 3.38. The Morgan fingerprint density at radius 3 is 2.89 bits per heavy atom. The van der Waals surface area contributed by atoms with Gasteiger partial charge in [-0.15, -0.1) is 11.3 Å². The van der Waals surface area contributed by atoms with E-state index in [2.05, 4.69) is 11.9 Å². The van der Waals surface area contributed by atoms with Gasteiger partial charge in [0.2, 0.25) is 0 Å². The monoisotopic (exact) mass is 296 g/mol. The fraction of sp³-hybridized carbons (Fsp3) is 0.308. The van der Waals surface area contributed by atoms with E-state index in [-0.39, 0.29) is 0 Å². The maximum absolute atomic E-state index is 6.22. The zero-order valence-electron chi connectivity index (χ0n) is 10.4. The summed E-state index contributed by atoms with van der Waals surface area (Å²) in [6, 6.07) is 3.70. The highest BCUT2D eigenvalue weighted by Crippen LogP contribution is 2.42. The Bertz CT molecular complexity index is 627. The number of aromatic nitrogens is 1. The van der Waals surface area contributed by atoms with Crippen LogP contribution in [-0.2, 0) is 6.42 Å². The molecule has 1 aliphatic rings. The molecule has 0 radical (unpaired) electrons. The van der Waals surface area contributed by atoms with Crippen LogP contribution in [0, 0.1) is 0 Å². The van der Waals surface area contributed by atoms with Gasteiger partial charge in [-0.25, -0.2) is 4.98 Å². The van der Waals surface area contributed by atoms with Crippen LogP contribution in [0.25, 0.3) is 11.3 Å². The van der Waals surface area contributed by atoms with Crippen molar-refractivity contribution in [3.63, 3.8) is 0 Å². The maximum Gasteiger partial charge on any atom is 0.179 e. The van der Waals surface area contributed by atoms with Gasteiger partial charge < -0.3 is 15.2 Å². The average Bonchev–Trinajstić information content (AvgIpc) is 2.80. The number of benzene rings is 1. The molecule has 3 rings (SSSR count). The lowest BCUT2D eigenvalue weighted by Crippen LogP contribution is -2.15. The summed E-state index contributed by atoms with van der Waals surface area (Å²) in [5.41, 5.74) is 7.64. The summed E-state index contributed by atoms with van der Waals surface area (Å²) in [6.07, 6.45) is 0.868. The predicted molar refractivity (Wildman–Crippen MR) is 77.3 cm³/mol. The van der Waals surface area contributed by atoms with Crippen molar-refractivity contribution in [3.05, 3.63) is 22.2 Å². The first-order chi connectivity index (χ1) is 9.19. The lowest BCUT2D eigenvalue weighted by molar-refractivity contribution is 0.172. The molecule has 0 amide bonds. The van der Waals surface area contributed by atoms with Crippen LogP contribution in [0.2, 0.25) is 5.02 Å². The molecule has 6 heteroatoms. The van der Waals surface area contributed by atoms with Crippen LogP contribution in [-0.4, -0.2) is 18.2 Å². The molecule has 0 atom stereocenters. The first-order valence-electron chi connectivity index (χ1n) is 6.03. The minimum Gasteiger partial charge on any atom is -0.486 e. The van der Waals surface area contributed by atoms with Crippen LogP contribution in [0.3, 0.4) is 0 Å². The van der Waals surface area contributed by atoms with Gasteiger partial charge >= 0.3 is 0 Å². The van der Waals surface area contributed by atoms with Gasteiger partial charge in [-0.1, -0.05) is 18.5 Å². The molecular weight excluding hydrogens is 284 g/mol. The molecule has 0 bridgehead atoms. The third-order valence-corrected chi connectivity index (χ3v) is 4.18. The first-order valence-corrected chi connectivity index (χ1v) is 7.23. The van der Waals surface area contributed by atoms with Crippen molar-refractivity contribution in [2.45, 2.75) is 13.3 Å². The Hall–Kier alpha value is -1.46. The van der Waals surface area contributed by atoms with Crippen molar-refractivity contribution < 1.29 is 9.47 Å². The van der Waals surface area contributed by atoms with E-state index in [1.807, 2.05) is 12.1 Å². The van der Waals surface area contributed by atoms with Crippen molar-refractivity contribution in [1.82, 2.24) is 4.98 Å². The Kier molecular flexibility index (Phi) is 3.24. The van der Waals surface area contributed by atoms with Gasteiger partial charge in [-0.3, -0.25) is 0 Å². The van der Waals surface area contributed by atoms with E-state index in [0.717, 1.165) is 22.7 Å². The third-order valence-electron chi connectivity index (χ3n) is 2.87. The summed E-state index contributed by atoms with van der Waals surface area (Å²) in [4.78, 5) is 4.53. The van der Waals surface area contributed by atoms with E-state index >= 15 is 0 Å². The smallest absolute Gasteiger partial charge is 0.179 e. The summed E-state index contributed by atoms with van der Waals surface area (Å²) in [7, 11) is 0. The lowest BCUT2D eigenvalue weighted by atomic mass is 10.1. The minimum absolute atomic E-state index is 0.519. The summed E-state index contributed by atoms with van der Waals surface area (Å²) in [5.74, 6) is 1.25. The highest BCUT2D eigenvalue weighted by Gasteiger charge is 2.19. The number of rotatable bonds is 2. The number of nitrogens with zero attached hydrogens (tertiary/aromatic N) is 1. The van der Waals surface area contributed by atoms with Crippen LogP contribution in [0.5, 0.6) is 11.5 Å². The molecular formula is C13H13ClN2O2S. The van der Waals surface area contributed by atoms with Crippen LogP contribution >= 0.6 is 22.9 Å². The SMILES string of the molecule is CCc1nc(-c2cc(Cl)c3c(c2)OCCO3)c(N)s1. The molecule has 1 aromatic carbocycles. The minimum atomic E-state index is 0.519. The normalized spacial score (nSPS) is 13.6. The molecule has 100 valence electrons. The van der Waals surface area contributed by atoms with E-state index < -0.39 is 0 Å². The molecule has 4 nitrogen and oxygen atoms in total. The second-order valence-corrected chi connectivity index (χ2v) is 5.68. The van der Waals surface area contributed by atoms with Crippen molar-refractivity contribution in [3.8, 4) is 22.8 Å². The quantitative estimate of drug-likeness (QED) is 0.923. The van der Waals surface area contributed by atoms with Gasteiger partial charge in [0.25, 0.3) is 0 Å². The van der Waals surface area contributed by atoms with Gasteiger partial charge in [0.15, 0.2) is 11.5 Å². The van der Waals surface area contributed by atoms with E-state index in [1.165, 1.54) is 11.3 Å². The third kappa shape index (κ3) is 2.24. The number of anilines is 1. The zero-order valence-corrected chi connectivity index (χ0v) is 12.0. The average molecular weight is 297 g/mol.